The van der Waals surface area contributed by atoms with Gasteiger partial charge in [0.05, 0.1) is 12.2 Å². The molecule has 0 saturated heterocycles. The van der Waals surface area contributed by atoms with Crippen LogP contribution < -0.4 is 5.73 Å². The Bertz CT molecular complexity index is 771. The van der Waals surface area contributed by atoms with Crippen LogP contribution in [0.5, 0.6) is 0 Å². The van der Waals surface area contributed by atoms with Gasteiger partial charge in [-0.05, 0) is 31.5 Å². The first kappa shape index (κ1) is 13.2. The summed E-state index contributed by atoms with van der Waals surface area (Å²) in [5.41, 5.74) is 10.0. The van der Waals surface area contributed by atoms with Gasteiger partial charge in [0, 0.05) is 11.0 Å². The first-order valence-corrected chi connectivity index (χ1v) is 7.33. The lowest BCUT2D eigenvalue weighted by Crippen LogP contribution is -2.09. The van der Waals surface area contributed by atoms with Crippen molar-refractivity contribution in [3.63, 3.8) is 0 Å². The molecule has 6 heteroatoms. The van der Waals surface area contributed by atoms with Crippen LogP contribution in [-0.4, -0.2) is 19.3 Å². The fourth-order valence-corrected chi connectivity index (χ4v) is 2.88. The maximum absolute atomic E-state index is 6.08. The van der Waals surface area contributed by atoms with Gasteiger partial charge in [0.1, 0.15) is 5.52 Å². The smallest absolute Gasteiger partial charge is 0.202 e. The Morgan fingerprint density at radius 3 is 2.85 bits per heavy atom. The van der Waals surface area contributed by atoms with Crippen molar-refractivity contribution in [3.05, 3.63) is 40.0 Å². The number of halogens is 1. The summed E-state index contributed by atoms with van der Waals surface area (Å²) < 4.78 is 5.03. The molecule has 0 aliphatic carbocycles. The van der Waals surface area contributed by atoms with Crippen LogP contribution >= 0.6 is 15.9 Å². The zero-order valence-electron chi connectivity index (χ0n) is 11.5. The molecule has 2 heterocycles. The highest BCUT2D eigenvalue weighted by molar-refractivity contribution is 9.10. The molecule has 1 aromatic carbocycles. The Kier molecular flexibility index (Phi) is 3.25. The van der Waals surface area contributed by atoms with E-state index in [1.165, 1.54) is 5.56 Å². The molecule has 0 unspecified atom stereocenters. The summed E-state index contributed by atoms with van der Waals surface area (Å²) in [4.78, 5) is 4.45. The molecule has 0 aliphatic heterocycles. The van der Waals surface area contributed by atoms with E-state index in [1.54, 1.807) is 0 Å². The molecule has 2 aromatic heterocycles. The molecule has 0 spiro atoms. The van der Waals surface area contributed by atoms with Gasteiger partial charge >= 0.3 is 0 Å². The van der Waals surface area contributed by atoms with Crippen LogP contribution in [0.15, 0.2) is 28.7 Å². The van der Waals surface area contributed by atoms with E-state index in [0.29, 0.717) is 12.5 Å². The first-order valence-electron chi connectivity index (χ1n) is 6.53. The zero-order valence-corrected chi connectivity index (χ0v) is 13.1. The summed E-state index contributed by atoms with van der Waals surface area (Å²) >= 11 is 3.49. The second-order valence-corrected chi connectivity index (χ2v) is 5.68. The highest BCUT2D eigenvalue weighted by Crippen LogP contribution is 2.23. The van der Waals surface area contributed by atoms with Gasteiger partial charge in [0.25, 0.3) is 0 Å². The van der Waals surface area contributed by atoms with Gasteiger partial charge in [-0.1, -0.05) is 28.1 Å². The van der Waals surface area contributed by atoms with Crippen molar-refractivity contribution >= 4 is 33.0 Å². The molecule has 0 bridgehead atoms. The summed E-state index contributed by atoms with van der Waals surface area (Å²) in [5, 5.41) is 4.50. The molecule has 0 amide bonds. The standard InChI is InChI=1S/C14H16BrN5/c1-3-20-13-12(9(2)18-20)17-14(16)19(13)8-10-5-4-6-11(15)7-10/h4-7H,3,8H2,1-2H3,(H2,16,17). The molecule has 0 atom stereocenters. The van der Waals surface area contributed by atoms with Gasteiger partial charge in [-0.25, -0.2) is 9.67 Å². The fourth-order valence-electron chi connectivity index (χ4n) is 2.44. The van der Waals surface area contributed by atoms with Crippen LogP contribution in [0.4, 0.5) is 5.95 Å². The zero-order chi connectivity index (χ0) is 14.3. The molecule has 20 heavy (non-hydrogen) atoms. The van der Waals surface area contributed by atoms with Crippen LogP contribution in [0.3, 0.4) is 0 Å². The maximum Gasteiger partial charge on any atom is 0.202 e. The second kappa shape index (κ2) is 4.94. The van der Waals surface area contributed by atoms with Gasteiger partial charge in [-0.15, -0.1) is 0 Å². The highest BCUT2D eigenvalue weighted by atomic mass is 79.9. The van der Waals surface area contributed by atoms with Gasteiger partial charge in [-0.2, -0.15) is 5.10 Å². The van der Waals surface area contributed by atoms with Crippen molar-refractivity contribution in [1.29, 1.82) is 0 Å². The van der Waals surface area contributed by atoms with Gasteiger partial charge < -0.3 is 5.73 Å². The third-order valence-electron chi connectivity index (χ3n) is 3.36. The van der Waals surface area contributed by atoms with E-state index in [2.05, 4.69) is 45.1 Å². The Labute approximate surface area is 125 Å². The molecular formula is C14H16BrN5. The van der Waals surface area contributed by atoms with Crippen molar-refractivity contribution < 1.29 is 0 Å². The Balaban J connectivity index is 2.13. The lowest BCUT2D eigenvalue weighted by atomic mass is 10.2. The number of aromatic nitrogens is 4. The molecule has 3 rings (SSSR count). The number of benzene rings is 1. The van der Waals surface area contributed by atoms with Crippen molar-refractivity contribution in [1.82, 2.24) is 19.3 Å². The van der Waals surface area contributed by atoms with Crippen molar-refractivity contribution in [2.45, 2.75) is 26.9 Å². The molecule has 104 valence electrons. The van der Waals surface area contributed by atoms with E-state index in [4.69, 9.17) is 5.73 Å². The van der Waals surface area contributed by atoms with Crippen molar-refractivity contribution in [2.75, 3.05) is 5.73 Å². The second-order valence-electron chi connectivity index (χ2n) is 4.76. The number of hydrogen-bond acceptors (Lipinski definition) is 3. The SMILES string of the molecule is CCn1nc(C)c2nc(N)n(Cc3cccc(Br)c3)c21. The largest absolute Gasteiger partial charge is 0.369 e. The van der Waals surface area contributed by atoms with E-state index < -0.39 is 0 Å². The number of rotatable bonds is 3. The lowest BCUT2D eigenvalue weighted by Gasteiger charge is -2.08. The van der Waals surface area contributed by atoms with E-state index in [-0.39, 0.29) is 0 Å². The molecule has 2 N–H and O–H groups in total. The summed E-state index contributed by atoms with van der Waals surface area (Å²) in [6.07, 6.45) is 0. The maximum atomic E-state index is 6.08. The van der Waals surface area contributed by atoms with E-state index in [0.717, 1.165) is 27.9 Å². The van der Waals surface area contributed by atoms with Crippen LogP contribution in [0.25, 0.3) is 11.2 Å². The van der Waals surface area contributed by atoms with E-state index >= 15 is 0 Å². The number of imidazole rings is 1. The number of aryl methyl sites for hydroxylation is 2. The minimum atomic E-state index is 0.530. The van der Waals surface area contributed by atoms with Crippen LogP contribution in [0.1, 0.15) is 18.2 Å². The Morgan fingerprint density at radius 2 is 2.15 bits per heavy atom. The first-order chi connectivity index (χ1) is 9.60. The molecule has 0 radical (unpaired) electrons. The minimum Gasteiger partial charge on any atom is -0.369 e. The molecular weight excluding hydrogens is 318 g/mol. The quantitative estimate of drug-likeness (QED) is 0.801. The minimum absolute atomic E-state index is 0.530. The summed E-state index contributed by atoms with van der Waals surface area (Å²) in [5.74, 6) is 0.530. The average molecular weight is 334 g/mol. The normalized spacial score (nSPS) is 11.3. The monoisotopic (exact) mass is 333 g/mol. The fraction of sp³-hybridized carbons (Fsp3) is 0.286. The lowest BCUT2D eigenvalue weighted by molar-refractivity contribution is 0.648. The topological polar surface area (TPSA) is 61.7 Å². The molecule has 5 nitrogen and oxygen atoms in total. The molecule has 0 aliphatic rings. The van der Waals surface area contributed by atoms with Gasteiger partial charge in [-0.3, -0.25) is 4.57 Å². The van der Waals surface area contributed by atoms with Gasteiger partial charge in [0.15, 0.2) is 5.65 Å². The molecule has 0 fully saturated rings. The van der Waals surface area contributed by atoms with Crippen LogP contribution in [0.2, 0.25) is 0 Å². The number of hydrogen-bond donors (Lipinski definition) is 1. The highest BCUT2D eigenvalue weighted by Gasteiger charge is 2.16. The third kappa shape index (κ3) is 2.10. The van der Waals surface area contributed by atoms with E-state index in [9.17, 15) is 0 Å². The molecule has 3 aromatic rings. The van der Waals surface area contributed by atoms with Crippen molar-refractivity contribution in [2.24, 2.45) is 0 Å². The molecule has 0 saturated carbocycles. The summed E-state index contributed by atoms with van der Waals surface area (Å²) in [7, 11) is 0. The predicted octanol–water partition coefficient (Wildman–Crippen LogP) is 2.95. The predicted molar refractivity (Wildman–Crippen MR) is 83.6 cm³/mol. The average Bonchev–Trinajstić information content (AvgIpc) is 2.89. The Hall–Kier alpha value is -1.82. The Morgan fingerprint density at radius 1 is 1.35 bits per heavy atom. The van der Waals surface area contributed by atoms with Gasteiger partial charge in [0.2, 0.25) is 5.95 Å². The van der Waals surface area contributed by atoms with Crippen LogP contribution in [0, 0.1) is 6.92 Å². The summed E-state index contributed by atoms with van der Waals surface area (Å²) in [6, 6.07) is 8.20. The summed E-state index contributed by atoms with van der Waals surface area (Å²) in [6.45, 7) is 5.52. The number of fused-ring (bicyclic) bond motifs is 1. The van der Waals surface area contributed by atoms with Crippen molar-refractivity contribution in [3.8, 4) is 0 Å². The number of nitrogen functional groups attached to an aromatic ring is 1. The third-order valence-corrected chi connectivity index (χ3v) is 3.85. The number of nitrogens with zero attached hydrogens (tertiary/aromatic N) is 4. The number of nitrogens with two attached hydrogens (primary N) is 1. The van der Waals surface area contributed by atoms with Crippen LogP contribution in [-0.2, 0) is 13.1 Å². The number of anilines is 1. The van der Waals surface area contributed by atoms with E-state index in [1.807, 2.05) is 28.3 Å².